The highest BCUT2D eigenvalue weighted by molar-refractivity contribution is 6.39. The second kappa shape index (κ2) is 4.41. The highest BCUT2D eigenvalue weighted by Gasteiger charge is 2.44. The maximum atomic E-state index is 12.7. The number of aryl methyl sites for hydroxylation is 3. The minimum absolute atomic E-state index is 0.0566. The van der Waals surface area contributed by atoms with Gasteiger partial charge in [-0.15, -0.1) is 0 Å². The predicted molar refractivity (Wildman–Crippen MR) is 85.8 cm³/mol. The molecule has 2 bridgehead atoms. The van der Waals surface area contributed by atoms with E-state index in [4.69, 9.17) is 4.42 Å². The standard InChI is InChI=1S/C17H12N2O5/c1-7-6-10(4-5-11(7)19(22)23)18-16(20)12-13(17(18)21)15-9(3)8(2)14(12)24-15/h4-6H,1-3H3. The number of anilines is 1. The largest absolute Gasteiger partial charge is 0.455 e. The molecule has 7 heteroatoms. The van der Waals surface area contributed by atoms with Crippen LogP contribution in [0.2, 0.25) is 0 Å². The average Bonchev–Trinajstić information content (AvgIpc) is 3.12. The molecular formula is C17H12N2O5. The molecule has 0 atom stereocenters. The van der Waals surface area contributed by atoms with E-state index in [9.17, 15) is 19.7 Å². The Morgan fingerprint density at radius 1 is 1.00 bits per heavy atom. The van der Waals surface area contributed by atoms with Crippen molar-refractivity contribution in [3.05, 3.63) is 56.1 Å². The minimum atomic E-state index is -0.499. The fraction of sp³-hybridized carbons (Fsp3) is 0.176. The molecule has 7 nitrogen and oxygen atoms in total. The zero-order valence-corrected chi connectivity index (χ0v) is 13.2. The van der Waals surface area contributed by atoms with Crippen molar-refractivity contribution >= 4 is 34.4 Å². The normalized spacial score (nSPS) is 14.0. The van der Waals surface area contributed by atoms with Gasteiger partial charge in [0.15, 0.2) is 0 Å². The van der Waals surface area contributed by atoms with E-state index < -0.39 is 16.7 Å². The molecule has 3 aromatic rings. The lowest BCUT2D eigenvalue weighted by Crippen LogP contribution is -2.29. The molecule has 0 saturated carbocycles. The number of nitrogens with zero attached hydrogens (tertiary/aromatic N) is 2. The van der Waals surface area contributed by atoms with Gasteiger partial charge in [0.1, 0.15) is 11.2 Å². The third-order valence-corrected chi connectivity index (χ3v) is 4.62. The maximum Gasteiger partial charge on any atom is 0.272 e. The molecule has 0 radical (unpaired) electrons. The summed E-state index contributed by atoms with van der Waals surface area (Å²) in [7, 11) is 0. The molecule has 1 aliphatic heterocycles. The Hall–Kier alpha value is -3.22. The van der Waals surface area contributed by atoms with Crippen molar-refractivity contribution in [1.82, 2.24) is 0 Å². The Morgan fingerprint density at radius 2 is 1.54 bits per heavy atom. The molecule has 2 aromatic heterocycles. The smallest absolute Gasteiger partial charge is 0.272 e. The number of fused-ring (bicyclic) bond motifs is 5. The lowest BCUT2D eigenvalue weighted by atomic mass is 10.0. The number of nitro groups is 1. The molecule has 24 heavy (non-hydrogen) atoms. The van der Waals surface area contributed by atoms with Crippen molar-refractivity contribution in [3.63, 3.8) is 0 Å². The summed E-state index contributed by atoms with van der Waals surface area (Å²) < 4.78 is 5.59. The van der Waals surface area contributed by atoms with Crippen LogP contribution >= 0.6 is 0 Å². The van der Waals surface area contributed by atoms with Gasteiger partial charge in [0.05, 0.1) is 21.7 Å². The van der Waals surface area contributed by atoms with Crippen LogP contribution in [0.4, 0.5) is 11.4 Å². The molecule has 0 N–H and O–H groups in total. The molecule has 1 aromatic carbocycles. The summed E-state index contributed by atoms with van der Waals surface area (Å²) in [4.78, 5) is 37.0. The Morgan fingerprint density at radius 3 is 2.00 bits per heavy atom. The lowest BCUT2D eigenvalue weighted by Gasteiger charge is -2.14. The molecular weight excluding hydrogens is 312 g/mol. The number of hydrogen-bond donors (Lipinski definition) is 0. The van der Waals surface area contributed by atoms with Gasteiger partial charge in [-0.3, -0.25) is 19.7 Å². The first-order chi connectivity index (χ1) is 11.3. The van der Waals surface area contributed by atoms with Crippen molar-refractivity contribution in [2.75, 3.05) is 4.90 Å². The van der Waals surface area contributed by atoms with E-state index in [0.717, 1.165) is 16.0 Å². The summed E-state index contributed by atoms with van der Waals surface area (Å²) in [5.41, 5.74) is 3.81. The SMILES string of the molecule is Cc1cc(N2C(=O)c3c(c4oc3c(C)c4C)C2=O)ccc1[N+](=O)[O-]. The van der Waals surface area contributed by atoms with Gasteiger partial charge in [0.25, 0.3) is 17.5 Å². The Balaban J connectivity index is 1.86. The number of carbonyl (C=O) groups excluding carboxylic acids is 2. The van der Waals surface area contributed by atoms with Gasteiger partial charge in [-0.2, -0.15) is 0 Å². The van der Waals surface area contributed by atoms with Crippen LogP contribution in [0.3, 0.4) is 0 Å². The quantitative estimate of drug-likeness (QED) is 0.408. The summed E-state index contributed by atoms with van der Waals surface area (Å²) in [5, 5.41) is 10.9. The highest BCUT2D eigenvalue weighted by Crippen LogP contribution is 2.42. The van der Waals surface area contributed by atoms with Crippen LogP contribution in [0.15, 0.2) is 22.6 Å². The van der Waals surface area contributed by atoms with Crippen molar-refractivity contribution < 1.29 is 18.9 Å². The number of imide groups is 1. The number of benzene rings is 2. The number of nitro benzene ring substituents is 1. The van der Waals surface area contributed by atoms with Gasteiger partial charge >= 0.3 is 0 Å². The van der Waals surface area contributed by atoms with Gasteiger partial charge < -0.3 is 4.42 Å². The molecule has 4 rings (SSSR count). The van der Waals surface area contributed by atoms with E-state index in [0.29, 0.717) is 22.4 Å². The number of amides is 2. The zero-order valence-electron chi connectivity index (χ0n) is 13.2. The first kappa shape index (κ1) is 14.4. The number of carbonyl (C=O) groups is 2. The van der Waals surface area contributed by atoms with Gasteiger partial charge in [0.2, 0.25) is 0 Å². The molecule has 0 unspecified atom stereocenters. The molecule has 120 valence electrons. The van der Waals surface area contributed by atoms with Gasteiger partial charge in [0, 0.05) is 11.6 Å². The van der Waals surface area contributed by atoms with Crippen LogP contribution in [0.25, 0.3) is 11.2 Å². The topological polar surface area (TPSA) is 93.7 Å². The lowest BCUT2D eigenvalue weighted by molar-refractivity contribution is -0.385. The van der Waals surface area contributed by atoms with Crippen LogP contribution in [-0.2, 0) is 0 Å². The van der Waals surface area contributed by atoms with E-state index in [1.54, 1.807) is 6.92 Å². The molecule has 1 aliphatic rings. The first-order valence-corrected chi connectivity index (χ1v) is 7.31. The van der Waals surface area contributed by atoms with Crippen LogP contribution in [0, 0.1) is 30.9 Å². The predicted octanol–water partition coefficient (Wildman–Crippen LogP) is 3.50. The molecule has 2 amide bonds. The van der Waals surface area contributed by atoms with E-state index in [2.05, 4.69) is 0 Å². The summed E-state index contributed by atoms with van der Waals surface area (Å²) in [6, 6.07) is 4.18. The summed E-state index contributed by atoms with van der Waals surface area (Å²) in [5.74, 6) is -0.916. The Kier molecular flexibility index (Phi) is 2.64. The van der Waals surface area contributed by atoms with Crippen LogP contribution in [0.5, 0.6) is 0 Å². The van der Waals surface area contributed by atoms with Gasteiger partial charge in [-0.25, -0.2) is 4.90 Å². The van der Waals surface area contributed by atoms with E-state index in [-0.39, 0.29) is 16.8 Å². The maximum absolute atomic E-state index is 12.7. The molecule has 0 aliphatic carbocycles. The summed E-state index contributed by atoms with van der Waals surface area (Å²) in [6.45, 7) is 5.26. The third kappa shape index (κ3) is 1.56. The van der Waals surface area contributed by atoms with Crippen molar-refractivity contribution in [3.8, 4) is 0 Å². The third-order valence-electron chi connectivity index (χ3n) is 4.62. The van der Waals surface area contributed by atoms with E-state index in [1.807, 2.05) is 13.8 Å². The Bertz CT molecular complexity index is 1010. The zero-order chi connectivity index (χ0) is 17.3. The summed E-state index contributed by atoms with van der Waals surface area (Å²) in [6.07, 6.45) is 0. The van der Waals surface area contributed by atoms with Crippen molar-refractivity contribution in [1.29, 1.82) is 0 Å². The van der Waals surface area contributed by atoms with Crippen LogP contribution < -0.4 is 4.90 Å². The second-order valence-corrected chi connectivity index (χ2v) is 5.93. The van der Waals surface area contributed by atoms with Crippen LogP contribution in [-0.4, -0.2) is 16.7 Å². The van der Waals surface area contributed by atoms with Crippen molar-refractivity contribution in [2.45, 2.75) is 20.8 Å². The monoisotopic (exact) mass is 324 g/mol. The van der Waals surface area contributed by atoms with Gasteiger partial charge in [-0.1, -0.05) is 0 Å². The molecule has 3 heterocycles. The van der Waals surface area contributed by atoms with Crippen LogP contribution in [0.1, 0.15) is 37.4 Å². The molecule has 0 saturated heterocycles. The average molecular weight is 324 g/mol. The first-order valence-electron chi connectivity index (χ1n) is 7.31. The van der Waals surface area contributed by atoms with E-state index in [1.165, 1.54) is 18.2 Å². The number of hydrogen-bond acceptors (Lipinski definition) is 5. The minimum Gasteiger partial charge on any atom is -0.455 e. The fourth-order valence-corrected chi connectivity index (χ4v) is 3.24. The summed E-state index contributed by atoms with van der Waals surface area (Å²) >= 11 is 0. The molecule has 0 spiro atoms. The number of rotatable bonds is 2. The van der Waals surface area contributed by atoms with E-state index >= 15 is 0 Å². The molecule has 0 fully saturated rings. The van der Waals surface area contributed by atoms with Gasteiger partial charge in [-0.05, 0) is 44.0 Å². The Labute approximate surface area is 135 Å². The highest BCUT2D eigenvalue weighted by atomic mass is 16.6. The van der Waals surface area contributed by atoms with Crippen molar-refractivity contribution in [2.24, 2.45) is 0 Å². The second-order valence-electron chi connectivity index (χ2n) is 5.93. The number of furan rings is 2. The fourth-order valence-electron chi connectivity index (χ4n) is 3.24.